The van der Waals surface area contributed by atoms with E-state index in [0.29, 0.717) is 5.56 Å². The molecule has 2 heteroatoms. The lowest BCUT2D eigenvalue weighted by molar-refractivity contribution is 0.0695. The molecule has 2 nitrogen and oxygen atoms in total. The van der Waals surface area contributed by atoms with Gasteiger partial charge in [-0.3, -0.25) is 0 Å². The first-order valence-corrected chi connectivity index (χ1v) is 10.1. The van der Waals surface area contributed by atoms with E-state index < -0.39 is 5.97 Å². The molecule has 1 N–H and O–H groups in total. The zero-order valence-electron chi connectivity index (χ0n) is 16.2. The van der Waals surface area contributed by atoms with Crippen molar-refractivity contribution in [2.75, 3.05) is 0 Å². The van der Waals surface area contributed by atoms with Gasteiger partial charge in [0.2, 0.25) is 0 Å². The maximum absolute atomic E-state index is 11.7. The number of aryl methyl sites for hydroxylation is 1. The van der Waals surface area contributed by atoms with E-state index in [1.54, 1.807) is 6.07 Å². The molecule has 0 radical (unpaired) electrons. The van der Waals surface area contributed by atoms with Crippen LogP contribution in [0.2, 0.25) is 0 Å². The van der Waals surface area contributed by atoms with Gasteiger partial charge in [-0.05, 0) is 42.0 Å². The standard InChI is InChI=1S/C24H32O2/c1-3-5-7-8-12-21(22-13-9-10-14-23(22)24(25)26)20-17-15-19(16-18-20)11-6-4-2/h9-10,13-18,21H,3-8,11-12H2,1-2H3,(H,25,26). The number of rotatable bonds is 11. The molecule has 26 heavy (non-hydrogen) atoms. The lowest BCUT2D eigenvalue weighted by Gasteiger charge is -2.20. The second kappa shape index (κ2) is 10.8. The van der Waals surface area contributed by atoms with Crippen molar-refractivity contribution in [3.05, 3.63) is 70.8 Å². The molecule has 0 aliphatic heterocycles. The van der Waals surface area contributed by atoms with Crippen molar-refractivity contribution in [1.82, 2.24) is 0 Å². The van der Waals surface area contributed by atoms with E-state index in [4.69, 9.17) is 0 Å². The Balaban J connectivity index is 2.27. The quantitative estimate of drug-likeness (QED) is 0.450. The zero-order chi connectivity index (χ0) is 18.8. The highest BCUT2D eigenvalue weighted by atomic mass is 16.4. The van der Waals surface area contributed by atoms with E-state index in [0.717, 1.165) is 24.8 Å². The van der Waals surface area contributed by atoms with Gasteiger partial charge in [-0.1, -0.05) is 88.4 Å². The Kier molecular flexibility index (Phi) is 8.40. The number of hydrogen-bond acceptors (Lipinski definition) is 1. The summed E-state index contributed by atoms with van der Waals surface area (Å²) in [5.41, 5.74) is 3.98. The molecule has 0 aliphatic carbocycles. The number of aromatic carboxylic acids is 1. The van der Waals surface area contributed by atoms with Gasteiger partial charge in [0.1, 0.15) is 0 Å². The number of carbonyl (C=O) groups is 1. The first-order valence-electron chi connectivity index (χ1n) is 10.1. The number of hydrogen-bond donors (Lipinski definition) is 1. The van der Waals surface area contributed by atoms with Gasteiger partial charge in [-0.2, -0.15) is 0 Å². The fraction of sp³-hybridized carbons (Fsp3) is 0.458. The first-order chi connectivity index (χ1) is 12.7. The van der Waals surface area contributed by atoms with Gasteiger partial charge in [0.15, 0.2) is 0 Å². The highest BCUT2D eigenvalue weighted by molar-refractivity contribution is 5.89. The molecule has 0 aliphatic rings. The summed E-state index contributed by atoms with van der Waals surface area (Å²) >= 11 is 0. The third kappa shape index (κ3) is 5.72. The maximum Gasteiger partial charge on any atom is 0.335 e. The predicted molar refractivity (Wildman–Crippen MR) is 109 cm³/mol. The minimum atomic E-state index is -0.835. The first kappa shape index (κ1) is 20.2. The van der Waals surface area contributed by atoms with Gasteiger partial charge in [0.25, 0.3) is 0 Å². The molecular weight excluding hydrogens is 320 g/mol. The van der Waals surface area contributed by atoms with Crippen LogP contribution in [0.4, 0.5) is 0 Å². The van der Waals surface area contributed by atoms with E-state index in [1.807, 2.05) is 18.2 Å². The fourth-order valence-corrected chi connectivity index (χ4v) is 3.57. The topological polar surface area (TPSA) is 37.3 Å². The van der Waals surface area contributed by atoms with Crippen LogP contribution in [0.15, 0.2) is 48.5 Å². The van der Waals surface area contributed by atoms with E-state index in [1.165, 1.54) is 43.2 Å². The second-order valence-corrected chi connectivity index (χ2v) is 7.14. The molecule has 1 atom stereocenters. The summed E-state index contributed by atoms with van der Waals surface area (Å²) < 4.78 is 0. The van der Waals surface area contributed by atoms with Gasteiger partial charge >= 0.3 is 5.97 Å². The Labute approximate surface area is 158 Å². The summed E-state index contributed by atoms with van der Waals surface area (Å²) in [6.45, 7) is 4.43. The monoisotopic (exact) mass is 352 g/mol. The molecular formula is C24H32O2. The number of benzene rings is 2. The van der Waals surface area contributed by atoms with Crippen LogP contribution in [0, 0.1) is 0 Å². The van der Waals surface area contributed by atoms with Crippen LogP contribution >= 0.6 is 0 Å². The molecule has 2 aromatic rings. The SMILES string of the molecule is CCCCCCC(c1ccc(CCCC)cc1)c1ccccc1C(=O)O. The Morgan fingerprint density at radius 1 is 0.885 bits per heavy atom. The number of carboxylic acid groups (broad SMARTS) is 1. The summed E-state index contributed by atoms with van der Waals surface area (Å²) in [6, 6.07) is 16.3. The molecule has 140 valence electrons. The van der Waals surface area contributed by atoms with Gasteiger partial charge < -0.3 is 5.11 Å². The van der Waals surface area contributed by atoms with Gasteiger partial charge in [-0.15, -0.1) is 0 Å². The number of carboxylic acids is 1. The molecule has 2 rings (SSSR count). The van der Waals surface area contributed by atoms with E-state index >= 15 is 0 Å². The lowest BCUT2D eigenvalue weighted by atomic mass is 9.84. The smallest absolute Gasteiger partial charge is 0.335 e. The van der Waals surface area contributed by atoms with Crippen LogP contribution in [0.5, 0.6) is 0 Å². The highest BCUT2D eigenvalue weighted by Crippen LogP contribution is 2.32. The molecule has 0 spiro atoms. The normalized spacial score (nSPS) is 12.1. The summed E-state index contributed by atoms with van der Waals surface area (Å²) in [6.07, 6.45) is 9.31. The third-order valence-electron chi connectivity index (χ3n) is 5.11. The molecule has 2 aromatic carbocycles. The predicted octanol–water partition coefficient (Wildman–Crippen LogP) is 6.83. The summed E-state index contributed by atoms with van der Waals surface area (Å²) in [5, 5.41) is 9.61. The van der Waals surface area contributed by atoms with Crippen molar-refractivity contribution >= 4 is 5.97 Å². The average molecular weight is 353 g/mol. The van der Waals surface area contributed by atoms with E-state index in [9.17, 15) is 9.90 Å². The Morgan fingerprint density at radius 2 is 1.58 bits per heavy atom. The van der Waals surface area contributed by atoms with Crippen LogP contribution in [-0.2, 0) is 6.42 Å². The van der Waals surface area contributed by atoms with Crippen LogP contribution < -0.4 is 0 Å². The minimum Gasteiger partial charge on any atom is -0.478 e. The Morgan fingerprint density at radius 3 is 2.23 bits per heavy atom. The minimum absolute atomic E-state index is 0.152. The van der Waals surface area contributed by atoms with Crippen LogP contribution in [-0.4, -0.2) is 11.1 Å². The van der Waals surface area contributed by atoms with Crippen molar-refractivity contribution in [3.63, 3.8) is 0 Å². The van der Waals surface area contributed by atoms with Crippen molar-refractivity contribution in [1.29, 1.82) is 0 Å². The maximum atomic E-state index is 11.7. The highest BCUT2D eigenvalue weighted by Gasteiger charge is 2.20. The van der Waals surface area contributed by atoms with Gasteiger partial charge in [0.05, 0.1) is 5.56 Å². The molecule has 1 unspecified atom stereocenters. The van der Waals surface area contributed by atoms with Crippen molar-refractivity contribution in [2.24, 2.45) is 0 Å². The molecule has 0 heterocycles. The summed E-state index contributed by atoms with van der Waals surface area (Å²) in [7, 11) is 0. The fourth-order valence-electron chi connectivity index (χ4n) is 3.57. The average Bonchev–Trinajstić information content (AvgIpc) is 2.67. The van der Waals surface area contributed by atoms with Gasteiger partial charge in [0, 0.05) is 5.92 Å². The van der Waals surface area contributed by atoms with E-state index in [-0.39, 0.29) is 5.92 Å². The molecule has 0 aromatic heterocycles. The van der Waals surface area contributed by atoms with Crippen molar-refractivity contribution in [2.45, 2.75) is 71.1 Å². The molecule has 0 saturated heterocycles. The van der Waals surface area contributed by atoms with Crippen molar-refractivity contribution in [3.8, 4) is 0 Å². The van der Waals surface area contributed by atoms with Crippen molar-refractivity contribution < 1.29 is 9.90 Å². The van der Waals surface area contributed by atoms with E-state index in [2.05, 4.69) is 38.1 Å². The molecule has 0 bridgehead atoms. The molecule has 0 saturated carbocycles. The summed E-state index contributed by atoms with van der Waals surface area (Å²) in [5.74, 6) is -0.682. The number of unbranched alkanes of at least 4 members (excludes halogenated alkanes) is 4. The van der Waals surface area contributed by atoms with Crippen LogP contribution in [0.3, 0.4) is 0 Å². The largest absolute Gasteiger partial charge is 0.478 e. The van der Waals surface area contributed by atoms with Crippen LogP contribution in [0.1, 0.15) is 91.8 Å². The third-order valence-corrected chi connectivity index (χ3v) is 5.11. The van der Waals surface area contributed by atoms with Gasteiger partial charge in [-0.25, -0.2) is 4.79 Å². The Bertz CT molecular complexity index is 673. The Hall–Kier alpha value is -2.09. The van der Waals surface area contributed by atoms with Crippen LogP contribution in [0.25, 0.3) is 0 Å². The second-order valence-electron chi connectivity index (χ2n) is 7.14. The zero-order valence-corrected chi connectivity index (χ0v) is 16.2. The lowest BCUT2D eigenvalue weighted by Crippen LogP contribution is -2.09. The summed E-state index contributed by atoms with van der Waals surface area (Å²) in [4.78, 5) is 11.7. The molecule has 0 fully saturated rings. The molecule has 0 amide bonds.